The second kappa shape index (κ2) is 8.97. The molecule has 1 amide bonds. The average molecular weight is 439 g/mol. The lowest BCUT2D eigenvalue weighted by Crippen LogP contribution is -2.29. The SMILES string of the molecule is CC1(C)CC(c2cc(NC(=O)c3ccc(OC(F)F)cn3)ccc2F)NC(=S)CO1. The highest BCUT2D eigenvalue weighted by atomic mass is 32.1. The number of nitrogens with one attached hydrogen (secondary N) is 2. The summed E-state index contributed by atoms with van der Waals surface area (Å²) in [6.07, 6.45) is 1.49. The van der Waals surface area contributed by atoms with Crippen LogP contribution in [0.2, 0.25) is 0 Å². The van der Waals surface area contributed by atoms with E-state index in [1.165, 1.54) is 30.3 Å². The van der Waals surface area contributed by atoms with Crippen molar-refractivity contribution < 1.29 is 27.4 Å². The normalized spacial score (nSPS) is 18.5. The van der Waals surface area contributed by atoms with Crippen molar-refractivity contribution in [2.45, 2.75) is 38.5 Å². The number of alkyl halides is 2. The fraction of sp³-hybridized carbons (Fsp3) is 0.350. The van der Waals surface area contributed by atoms with Crippen molar-refractivity contribution in [3.8, 4) is 5.75 Å². The van der Waals surface area contributed by atoms with Crippen molar-refractivity contribution in [2.24, 2.45) is 0 Å². The van der Waals surface area contributed by atoms with Crippen LogP contribution in [-0.2, 0) is 4.74 Å². The predicted molar refractivity (Wildman–Crippen MR) is 108 cm³/mol. The molecule has 1 atom stereocenters. The molecule has 0 spiro atoms. The van der Waals surface area contributed by atoms with Crippen LogP contribution in [0.4, 0.5) is 18.9 Å². The molecule has 1 aliphatic heterocycles. The predicted octanol–water partition coefficient (Wildman–Crippen LogP) is 4.23. The molecule has 1 aromatic heterocycles. The number of halogens is 3. The van der Waals surface area contributed by atoms with E-state index in [2.05, 4.69) is 20.4 Å². The Labute approximate surface area is 176 Å². The van der Waals surface area contributed by atoms with Gasteiger partial charge in [0.25, 0.3) is 5.91 Å². The Morgan fingerprint density at radius 3 is 2.80 bits per heavy atom. The minimum atomic E-state index is -2.98. The summed E-state index contributed by atoms with van der Waals surface area (Å²) in [5, 5.41) is 5.72. The van der Waals surface area contributed by atoms with Crippen molar-refractivity contribution in [3.05, 3.63) is 53.6 Å². The molecule has 2 heterocycles. The van der Waals surface area contributed by atoms with Gasteiger partial charge in [0.05, 0.1) is 24.4 Å². The van der Waals surface area contributed by atoms with Gasteiger partial charge in [0.1, 0.15) is 22.2 Å². The van der Waals surface area contributed by atoms with Crippen molar-refractivity contribution in [3.63, 3.8) is 0 Å². The van der Waals surface area contributed by atoms with Gasteiger partial charge in [0.2, 0.25) is 0 Å². The van der Waals surface area contributed by atoms with Gasteiger partial charge in [0, 0.05) is 17.7 Å². The molecule has 10 heteroatoms. The topological polar surface area (TPSA) is 72.5 Å². The summed E-state index contributed by atoms with van der Waals surface area (Å²) in [5.41, 5.74) is 0.158. The molecule has 1 saturated heterocycles. The Balaban J connectivity index is 1.77. The molecule has 0 bridgehead atoms. The summed E-state index contributed by atoms with van der Waals surface area (Å²) < 4.78 is 48.9. The highest BCUT2D eigenvalue weighted by molar-refractivity contribution is 7.80. The fourth-order valence-electron chi connectivity index (χ4n) is 3.06. The van der Waals surface area contributed by atoms with Crippen LogP contribution < -0.4 is 15.4 Å². The minimum absolute atomic E-state index is 0.00852. The van der Waals surface area contributed by atoms with E-state index in [-0.39, 0.29) is 18.1 Å². The smallest absolute Gasteiger partial charge is 0.387 e. The Morgan fingerprint density at radius 1 is 1.37 bits per heavy atom. The number of ether oxygens (including phenoxy) is 2. The van der Waals surface area contributed by atoms with E-state index in [0.717, 1.165) is 6.20 Å². The first-order valence-corrected chi connectivity index (χ1v) is 9.49. The van der Waals surface area contributed by atoms with Crippen LogP contribution >= 0.6 is 12.2 Å². The standard InChI is InChI=1S/C20H20F3N3O3S/c1-20(2)8-16(26-17(30)10-28-20)13-7-11(3-5-14(13)21)25-18(27)15-6-4-12(9-24-15)29-19(22)23/h3-7,9,16,19H,8,10H2,1-2H3,(H,25,27)(H,26,30). The van der Waals surface area contributed by atoms with Gasteiger partial charge in [-0.15, -0.1) is 0 Å². The summed E-state index contributed by atoms with van der Waals surface area (Å²) in [5.74, 6) is -1.19. The fourth-order valence-corrected chi connectivity index (χ4v) is 3.26. The first-order chi connectivity index (χ1) is 14.1. The van der Waals surface area contributed by atoms with Gasteiger partial charge in [-0.25, -0.2) is 9.37 Å². The maximum Gasteiger partial charge on any atom is 0.387 e. The van der Waals surface area contributed by atoms with Gasteiger partial charge in [0.15, 0.2) is 0 Å². The number of anilines is 1. The van der Waals surface area contributed by atoms with E-state index < -0.39 is 30.0 Å². The van der Waals surface area contributed by atoms with E-state index >= 15 is 0 Å². The molecule has 2 N–H and O–H groups in total. The van der Waals surface area contributed by atoms with Gasteiger partial charge in [-0.2, -0.15) is 8.78 Å². The summed E-state index contributed by atoms with van der Waals surface area (Å²) in [6.45, 7) is 1.05. The Hall–Kier alpha value is -2.72. The summed E-state index contributed by atoms with van der Waals surface area (Å²) >= 11 is 5.22. The molecule has 6 nitrogen and oxygen atoms in total. The highest BCUT2D eigenvalue weighted by Crippen LogP contribution is 2.31. The number of benzene rings is 1. The molecule has 3 rings (SSSR count). The molecule has 30 heavy (non-hydrogen) atoms. The first kappa shape index (κ1) is 22.0. The van der Waals surface area contributed by atoms with Crippen LogP contribution in [0.25, 0.3) is 0 Å². The maximum atomic E-state index is 14.6. The van der Waals surface area contributed by atoms with Crippen LogP contribution in [0.15, 0.2) is 36.5 Å². The van der Waals surface area contributed by atoms with E-state index in [0.29, 0.717) is 22.7 Å². The van der Waals surface area contributed by atoms with E-state index in [4.69, 9.17) is 17.0 Å². The molecule has 1 fully saturated rings. The number of thiocarbonyl (C=S) groups is 1. The zero-order valence-electron chi connectivity index (χ0n) is 16.2. The molecule has 0 radical (unpaired) electrons. The van der Waals surface area contributed by atoms with E-state index in [9.17, 15) is 18.0 Å². The van der Waals surface area contributed by atoms with Gasteiger partial charge >= 0.3 is 6.61 Å². The maximum absolute atomic E-state index is 14.6. The number of nitrogens with zero attached hydrogens (tertiary/aromatic N) is 1. The van der Waals surface area contributed by atoms with E-state index in [1.54, 1.807) is 0 Å². The van der Waals surface area contributed by atoms with Gasteiger partial charge in [-0.3, -0.25) is 4.79 Å². The number of carbonyl (C=O) groups excluding carboxylic acids is 1. The van der Waals surface area contributed by atoms with Crippen molar-refractivity contribution >= 4 is 28.8 Å². The number of carbonyl (C=O) groups is 1. The second-order valence-electron chi connectivity index (χ2n) is 7.32. The molecule has 1 aliphatic rings. The largest absolute Gasteiger partial charge is 0.433 e. The lowest BCUT2D eigenvalue weighted by Gasteiger charge is -2.26. The first-order valence-electron chi connectivity index (χ1n) is 9.08. The van der Waals surface area contributed by atoms with Gasteiger partial charge in [-0.1, -0.05) is 12.2 Å². The zero-order chi connectivity index (χ0) is 21.9. The van der Waals surface area contributed by atoms with Crippen LogP contribution in [-0.4, -0.2) is 34.7 Å². The number of aromatic nitrogens is 1. The average Bonchev–Trinajstić information content (AvgIpc) is 2.81. The molecule has 2 aromatic rings. The highest BCUT2D eigenvalue weighted by Gasteiger charge is 2.31. The third kappa shape index (κ3) is 5.67. The third-order valence-corrected chi connectivity index (χ3v) is 4.68. The Bertz CT molecular complexity index is 939. The Kier molecular flexibility index (Phi) is 6.57. The molecule has 0 aliphatic carbocycles. The number of hydrogen-bond donors (Lipinski definition) is 2. The lowest BCUT2D eigenvalue weighted by atomic mass is 9.93. The van der Waals surface area contributed by atoms with E-state index in [1.807, 2.05) is 13.8 Å². The summed E-state index contributed by atoms with van der Waals surface area (Å²) in [4.78, 5) is 16.7. The second-order valence-corrected chi connectivity index (χ2v) is 7.81. The van der Waals surface area contributed by atoms with Crippen LogP contribution in [0.3, 0.4) is 0 Å². The lowest BCUT2D eigenvalue weighted by molar-refractivity contribution is -0.0500. The molecule has 1 aromatic carbocycles. The van der Waals surface area contributed by atoms with Crippen molar-refractivity contribution in [1.82, 2.24) is 10.3 Å². The van der Waals surface area contributed by atoms with Gasteiger partial charge in [-0.05, 0) is 44.2 Å². The Morgan fingerprint density at radius 2 is 2.13 bits per heavy atom. The van der Waals surface area contributed by atoms with Crippen LogP contribution in [0.5, 0.6) is 5.75 Å². The number of amides is 1. The number of rotatable bonds is 5. The van der Waals surface area contributed by atoms with Gasteiger partial charge < -0.3 is 20.1 Å². The third-order valence-electron chi connectivity index (χ3n) is 4.45. The van der Waals surface area contributed by atoms with Crippen LogP contribution in [0, 0.1) is 5.82 Å². The molecule has 1 unspecified atom stereocenters. The zero-order valence-corrected chi connectivity index (χ0v) is 17.1. The molecule has 0 saturated carbocycles. The summed E-state index contributed by atoms with van der Waals surface area (Å²) in [6, 6.07) is 6.22. The molecular weight excluding hydrogens is 419 g/mol. The monoisotopic (exact) mass is 439 g/mol. The molecular formula is C20H20F3N3O3S. The quantitative estimate of drug-likeness (QED) is 0.680. The molecule has 160 valence electrons. The summed E-state index contributed by atoms with van der Waals surface area (Å²) in [7, 11) is 0. The minimum Gasteiger partial charge on any atom is -0.433 e. The van der Waals surface area contributed by atoms with Crippen LogP contribution in [0.1, 0.15) is 42.4 Å². The number of hydrogen-bond acceptors (Lipinski definition) is 5. The number of pyridine rings is 1. The van der Waals surface area contributed by atoms with Crippen molar-refractivity contribution in [1.29, 1.82) is 0 Å². The van der Waals surface area contributed by atoms with Crippen molar-refractivity contribution in [2.75, 3.05) is 11.9 Å².